The first-order valence-corrected chi connectivity index (χ1v) is 11.5. The van der Waals surface area contributed by atoms with Crippen LogP contribution in [0.1, 0.15) is 37.3 Å². The molecule has 2 aromatic carbocycles. The zero-order chi connectivity index (χ0) is 22.2. The van der Waals surface area contributed by atoms with Crippen molar-refractivity contribution in [2.24, 2.45) is 17.3 Å². The topological polar surface area (TPSA) is 40.6 Å². The van der Waals surface area contributed by atoms with Crippen LogP contribution in [0.5, 0.6) is 0 Å². The highest BCUT2D eigenvalue weighted by atomic mass is 16.2. The molecule has 0 radical (unpaired) electrons. The summed E-state index contributed by atoms with van der Waals surface area (Å²) in [5.41, 5.74) is 4.42. The molecule has 2 fully saturated rings. The van der Waals surface area contributed by atoms with E-state index in [9.17, 15) is 9.59 Å². The van der Waals surface area contributed by atoms with Crippen LogP contribution in [-0.2, 0) is 16.0 Å². The third kappa shape index (κ3) is 4.39. The van der Waals surface area contributed by atoms with Crippen LogP contribution in [0.4, 0.5) is 0 Å². The second kappa shape index (κ2) is 8.49. The van der Waals surface area contributed by atoms with Crippen LogP contribution in [-0.4, -0.2) is 48.8 Å². The molecule has 1 saturated carbocycles. The molecule has 2 unspecified atom stereocenters. The fourth-order valence-electron chi connectivity index (χ4n) is 5.13. The average molecular weight is 419 g/mol. The van der Waals surface area contributed by atoms with Gasteiger partial charge in [-0.2, -0.15) is 0 Å². The zero-order valence-corrected chi connectivity index (χ0v) is 19.2. The molecule has 1 saturated heterocycles. The standard InChI is InChI=1S/C27H34N2O2/c1-19-8-5-6-11-23(19)22-10-7-9-21(17-22)18-27(26(31)28(3)4)12-14-29(15-13-27)25(30)24-16-20(24)2/h5-11,17,20,24H,12-16,18H2,1-4H3. The Balaban J connectivity index is 1.56. The summed E-state index contributed by atoms with van der Waals surface area (Å²) in [5.74, 6) is 1.20. The van der Waals surface area contributed by atoms with Gasteiger partial charge < -0.3 is 9.80 Å². The van der Waals surface area contributed by atoms with Crippen molar-refractivity contribution in [1.82, 2.24) is 9.80 Å². The summed E-state index contributed by atoms with van der Waals surface area (Å²) >= 11 is 0. The smallest absolute Gasteiger partial charge is 0.228 e. The molecule has 4 heteroatoms. The number of carbonyl (C=O) groups is 2. The van der Waals surface area contributed by atoms with Crippen LogP contribution in [0.3, 0.4) is 0 Å². The van der Waals surface area contributed by atoms with Crippen LogP contribution in [0, 0.1) is 24.2 Å². The van der Waals surface area contributed by atoms with Gasteiger partial charge in [-0.25, -0.2) is 0 Å². The lowest BCUT2D eigenvalue weighted by molar-refractivity contribution is -0.146. The number of likely N-dealkylation sites (tertiary alicyclic amines) is 1. The van der Waals surface area contributed by atoms with Gasteiger partial charge >= 0.3 is 0 Å². The summed E-state index contributed by atoms with van der Waals surface area (Å²) in [6.07, 6.45) is 3.19. The van der Waals surface area contributed by atoms with Crippen molar-refractivity contribution in [1.29, 1.82) is 0 Å². The monoisotopic (exact) mass is 418 g/mol. The van der Waals surface area contributed by atoms with Crippen LogP contribution >= 0.6 is 0 Å². The van der Waals surface area contributed by atoms with E-state index in [-0.39, 0.29) is 11.8 Å². The molecule has 164 valence electrons. The normalized spacial score (nSPS) is 22.1. The summed E-state index contributed by atoms with van der Waals surface area (Å²) in [5, 5.41) is 0. The van der Waals surface area contributed by atoms with Crippen molar-refractivity contribution in [3.63, 3.8) is 0 Å². The van der Waals surface area contributed by atoms with Gasteiger partial charge in [0.2, 0.25) is 11.8 Å². The number of carbonyl (C=O) groups excluding carboxylic acids is 2. The Labute approximate surface area is 186 Å². The minimum Gasteiger partial charge on any atom is -0.348 e. The number of hydrogen-bond donors (Lipinski definition) is 0. The highest BCUT2D eigenvalue weighted by molar-refractivity contribution is 5.85. The second-order valence-corrected chi connectivity index (χ2v) is 9.82. The quantitative estimate of drug-likeness (QED) is 0.714. The molecule has 0 spiro atoms. The van der Waals surface area contributed by atoms with E-state index in [1.54, 1.807) is 4.90 Å². The third-order valence-corrected chi connectivity index (χ3v) is 7.24. The first-order chi connectivity index (χ1) is 14.8. The summed E-state index contributed by atoms with van der Waals surface area (Å²) in [7, 11) is 3.69. The highest BCUT2D eigenvalue weighted by Gasteiger charge is 2.46. The molecule has 2 aromatic rings. The molecule has 0 bridgehead atoms. The number of benzene rings is 2. The Morgan fingerprint density at radius 2 is 1.74 bits per heavy atom. The van der Waals surface area contributed by atoms with E-state index < -0.39 is 5.41 Å². The van der Waals surface area contributed by atoms with Crippen LogP contribution in [0.2, 0.25) is 0 Å². The van der Waals surface area contributed by atoms with Crippen LogP contribution in [0.15, 0.2) is 48.5 Å². The van der Waals surface area contributed by atoms with E-state index in [2.05, 4.69) is 62.4 Å². The molecule has 4 nitrogen and oxygen atoms in total. The maximum absolute atomic E-state index is 13.3. The van der Waals surface area contributed by atoms with Gasteiger partial charge in [-0.1, -0.05) is 55.5 Å². The molecule has 4 rings (SSSR count). The Kier molecular flexibility index (Phi) is 5.92. The first-order valence-electron chi connectivity index (χ1n) is 11.5. The lowest BCUT2D eigenvalue weighted by Gasteiger charge is -2.42. The van der Waals surface area contributed by atoms with Gasteiger partial charge in [0.25, 0.3) is 0 Å². The predicted octanol–water partition coefficient (Wildman–Crippen LogP) is 4.56. The van der Waals surface area contributed by atoms with E-state index in [1.807, 2.05) is 19.0 Å². The summed E-state index contributed by atoms with van der Waals surface area (Å²) < 4.78 is 0. The summed E-state index contributed by atoms with van der Waals surface area (Å²) in [6, 6.07) is 17.0. The van der Waals surface area contributed by atoms with E-state index in [0.717, 1.165) is 19.3 Å². The van der Waals surface area contributed by atoms with Gasteiger partial charge in [0.1, 0.15) is 0 Å². The number of aryl methyl sites for hydroxylation is 1. The van der Waals surface area contributed by atoms with Gasteiger partial charge in [0.05, 0.1) is 5.41 Å². The molecular formula is C27H34N2O2. The zero-order valence-electron chi connectivity index (χ0n) is 19.2. The minimum atomic E-state index is -0.445. The second-order valence-electron chi connectivity index (χ2n) is 9.82. The van der Waals surface area contributed by atoms with Crippen molar-refractivity contribution in [3.05, 3.63) is 59.7 Å². The lowest BCUT2D eigenvalue weighted by Crippen LogP contribution is -2.51. The molecule has 1 aliphatic carbocycles. The molecular weight excluding hydrogens is 384 g/mol. The maximum atomic E-state index is 13.3. The van der Waals surface area contributed by atoms with Crippen molar-refractivity contribution in [2.75, 3.05) is 27.2 Å². The highest BCUT2D eigenvalue weighted by Crippen LogP contribution is 2.42. The van der Waals surface area contributed by atoms with E-state index in [4.69, 9.17) is 0 Å². The van der Waals surface area contributed by atoms with Gasteiger partial charge in [-0.15, -0.1) is 0 Å². The number of nitrogens with zero attached hydrogens (tertiary/aromatic N) is 2. The minimum absolute atomic E-state index is 0.181. The first kappa shape index (κ1) is 21.6. The molecule has 0 aromatic heterocycles. The molecule has 1 aliphatic heterocycles. The van der Waals surface area contributed by atoms with Crippen LogP contribution < -0.4 is 0 Å². The van der Waals surface area contributed by atoms with Crippen molar-refractivity contribution in [3.8, 4) is 11.1 Å². The Morgan fingerprint density at radius 3 is 2.35 bits per heavy atom. The van der Waals surface area contributed by atoms with E-state index >= 15 is 0 Å². The van der Waals surface area contributed by atoms with Crippen molar-refractivity contribution < 1.29 is 9.59 Å². The molecule has 0 N–H and O–H groups in total. The Bertz CT molecular complexity index is 973. The molecule has 31 heavy (non-hydrogen) atoms. The molecule has 1 heterocycles. The fourth-order valence-corrected chi connectivity index (χ4v) is 5.13. The lowest BCUT2D eigenvalue weighted by atomic mass is 9.72. The summed E-state index contributed by atoms with van der Waals surface area (Å²) in [6.45, 7) is 5.64. The van der Waals surface area contributed by atoms with Gasteiger partial charge in [-0.05, 0) is 60.8 Å². The van der Waals surface area contributed by atoms with Crippen molar-refractivity contribution in [2.45, 2.75) is 39.5 Å². The largest absolute Gasteiger partial charge is 0.348 e. The van der Waals surface area contributed by atoms with Crippen LogP contribution in [0.25, 0.3) is 11.1 Å². The SMILES string of the molecule is Cc1ccccc1-c1cccc(CC2(C(=O)N(C)C)CCN(C(=O)C3CC3C)CC2)c1. The maximum Gasteiger partial charge on any atom is 0.228 e. The predicted molar refractivity (Wildman–Crippen MR) is 125 cm³/mol. The molecule has 2 atom stereocenters. The number of piperidine rings is 1. The van der Waals surface area contributed by atoms with Crippen molar-refractivity contribution >= 4 is 11.8 Å². The Morgan fingerprint density at radius 1 is 1.06 bits per heavy atom. The molecule has 2 amide bonds. The van der Waals surface area contributed by atoms with E-state index in [1.165, 1.54) is 22.3 Å². The average Bonchev–Trinajstić information content (AvgIpc) is 3.50. The van der Waals surface area contributed by atoms with E-state index in [0.29, 0.717) is 31.3 Å². The summed E-state index contributed by atoms with van der Waals surface area (Å²) in [4.78, 5) is 29.8. The number of rotatable bonds is 5. The van der Waals surface area contributed by atoms with Gasteiger partial charge in [0.15, 0.2) is 0 Å². The number of hydrogen-bond acceptors (Lipinski definition) is 2. The molecule has 2 aliphatic rings. The number of amides is 2. The third-order valence-electron chi connectivity index (χ3n) is 7.24. The van der Waals surface area contributed by atoms with Gasteiger partial charge in [0, 0.05) is 33.1 Å². The Hall–Kier alpha value is -2.62. The fraction of sp³-hybridized carbons (Fsp3) is 0.481. The van der Waals surface area contributed by atoms with Gasteiger partial charge in [-0.3, -0.25) is 9.59 Å².